The first-order valence-corrected chi connectivity index (χ1v) is 7.92. The maximum absolute atomic E-state index is 6.81. The number of rotatable bonds is 2. The molecule has 3 heteroatoms. The third kappa shape index (κ3) is 2.08. The van der Waals surface area contributed by atoms with Crippen LogP contribution in [-0.2, 0) is 6.42 Å². The summed E-state index contributed by atoms with van der Waals surface area (Å²) >= 11 is 10.4. The van der Waals surface area contributed by atoms with Crippen LogP contribution in [0.25, 0.3) is 0 Å². The lowest BCUT2D eigenvalue weighted by Crippen LogP contribution is -2.18. The van der Waals surface area contributed by atoms with Crippen LogP contribution >= 0.6 is 27.5 Å². The predicted molar refractivity (Wildman–Crippen MR) is 78.5 cm³/mol. The van der Waals surface area contributed by atoms with Gasteiger partial charge in [-0.3, -0.25) is 0 Å². The molecule has 18 heavy (non-hydrogen) atoms. The minimum atomic E-state index is 0.0596. The van der Waals surface area contributed by atoms with E-state index in [0.717, 1.165) is 23.2 Å². The summed E-state index contributed by atoms with van der Waals surface area (Å²) in [5.41, 5.74) is 2.71. The highest BCUT2D eigenvalue weighted by Gasteiger charge is 2.39. The van der Waals surface area contributed by atoms with Crippen LogP contribution in [0.3, 0.4) is 0 Å². The molecule has 2 aliphatic rings. The highest BCUT2D eigenvalue weighted by atomic mass is 79.9. The van der Waals surface area contributed by atoms with Crippen LogP contribution in [0.4, 0.5) is 0 Å². The van der Waals surface area contributed by atoms with Crippen molar-refractivity contribution in [2.75, 3.05) is 6.61 Å². The van der Waals surface area contributed by atoms with Crippen LogP contribution in [0.2, 0.25) is 0 Å². The Hall–Kier alpha value is -0.210. The largest absolute Gasteiger partial charge is 0.493 e. The molecule has 1 aliphatic heterocycles. The standard InChI is InChI=1S/C15H18BrClO/c1-15(5-2-3-6-15)14(17)12-9-11(16)8-10-4-7-18-13(10)12/h8-9,14H,2-7H2,1H3. The van der Waals surface area contributed by atoms with Crippen LogP contribution in [0.15, 0.2) is 16.6 Å². The highest BCUT2D eigenvalue weighted by Crippen LogP contribution is 2.53. The smallest absolute Gasteiger partial charge is 0.127 e. The molecule has 1 atom stereocenters. The van der Waals surface area contributed by atoms with Gasteiger partial charge in [-0.15, -0.1) is 11.6 Å². The molecule has 0 amide bonds. The summed E-state index contributed by atoms with van der Waals surface area (Å²) in [7, 11) is 0. The summed E-state index contributed by atoms with van der Waals surface area (Å²) in [6, 6.07) is 4.30. The Balaban J connectivity index is 2.01. The second kappa shape index (κ2) is 4.72. The molecule has 0 radical (unpaired) electrons. The Morgan fingerprint density at radius 3 is 2.78 bits per heavy atom. The van der Waals surface area contributed by atoms with Crippen molar-refractivity contribution in [2.45, 2.75) is 44.4 Å². The van der Waals surface area contributed by atoms with Crippen LogP contribution in [0.1, 0.15) is 49.1 Å². The van der Waals surface area contributed by atoms with Gasteiger partial charge < -0.3 is 4.74 Å². The molecule has 0 saturated heterocycles. The van der Waals surface area contributed by atoms with Crippen molar-refractivity contribution in [1.29, 1.82) is 0 Å². The first-order chi connectivity index (χ1) is 8.60. The second-order valence-corrected chi connectivity index (χ2v) is 7.16. The zero-order chi connectivity index (χ0) is 12.8. The molecule has 1 heterocycles. The van der Waals surface area contributed by atoms with Gasteiger partial charge in [0.05, 0.1) is 12.0 Å². The molecule has 98 valence electrons. The number of benzene rings is 1. The van der Waals surface area contributed by atoms with Gasteiger partial charge in [0.15, 0.2) is 0 Å². The summed E-state index contributed by atoms with van der Waals surface area (Å²) in [4.78, 5) is 0. The number of alkyl halides is 1. The van der Waals surface area contributed by atoms with Crippen LogP contribution < -0.4 is 4.74 Å². The molecule has 1 saturated carbocycles. The van der Waals surface area contributed by atoms with Crippen molar-refractivity contribution in [3.8, 4) is 5.75 Å². The first-order valence-electron chi connectivity index (χ1n) is 6.69. The Morgan fingerprint density at radius 1 is 1.33 bits per heavy atom. The molecule has 0 bridgehead atoms. The normalized spacial score (nSPS) is 22.6. The van der Waals surface area contributed by atoms with Crippen LogP contribution in [0.5, 0.6) is 5.75 Å². The number of fused-ring (bicyclic) bond motifs is 1. The second-order valence-electron chi connectivity index (χ2n) is 5.81. The maximum Gasteiger partial charge on any atom is 0.127 e. The molecule has 3 rings (SSSR count). The molecular formula is C15H18BrClO. The van der Waals surface area contributed by atoms with Crippen LogP contribution in [-0.4, -0.2) is 6.61 Å². The van der Waals surface area contributed by atoms with Crippen molar-refractivity contribution in [1.82, 2.24) is 0 Å². The van der Waals surface area contributed by atoms with E-state index >= 15 is 0 Å². The third-order valence-electron chi connectivity index (χ3n) is 4.41. The first kappa shape index (κ1) is 12.8. The van der Waals surface area contributed by atoms with Crippen molar-refractivity contribution < 1.29 is 4.74 Å². The molecule has 0 N–H and O–H groups in total. The lowest BCUT2D eigenvalue weighted by molar-refractivity contribution is 0.307. The van der Waals surface area contributed by atoms with E-state index in [-0.39, 0.29) is 10.8 Å². The zero-order valence-electron chi connectivity index (χ0n) is 10.6. The maximum atomic E-state index is 6.81. The molecule has 1 aliphatic carbocycles. The van der Waals surface area contributed by atoms with Crippen molar-refractivity contribution >= 4 is 27.5 Å². The summed E-state index contributed by atoms with van der Waals surface area (Å²) in [6.45, 7) is 3.11. The summed E-state index contributed by atoms with van der Waals surface area (Å²) in [6.07, 6.45) is 6.06. The van der Waals surface area contributed by atoms with Gasteiger partial charge in [-0.1, -0.05) is 35.7 Å². The van der Waals surface area contributed by atoms with Crippen molar-refractivity contribution in [3.63, 3.8) is 0 Å². The van der Waals surface area contributed by atoms with Gasteiger partial charge >= 0.3 is 0 Å². The number of ether oxygens (including phenoxy) is 1. The topological polar surface area (TPSA) is 9.23 Å². The average molecular weight is 330 g/mol. The van der Waals surface area contributed by atoms with E-state index in [9.17, 15) is 0 Å². The van der Waals surface area contributed by atoms with Crippen molar-refractivity contribution in [2.24, 2.45) is 5.41 Å². The molecule has 1 aromatic rings. The van der Waals surface area contributed by atoms with Gasteiger partial charge in [0, 0.05) is 16.5 Å². The summed E-state index contributed by atoms with van der Waals surface area (Å²) in [5, 5.41) is 0.0596. The monoisotopic (exact) mass is 328 g/mol. The minimum absolute atomic E-state index is 0.0596. The van der Waals surface area contributed by atoms with Gasteiger partial charge in [0.2, 0.25) is 0 Å². The van der Waals surface area contributed by atoms with Gasteiger partial charge in [-0.05, 0) is 36.0 Å². The number of hydrogen-bond acceptors (Lipinski definition) is 1. The van der Waals surface area contributed by atoms with Gasteiger partial charge in [-0.25, -0.2) is 0 Å². The SMILES string of the molecule is CC1(C(Cl)c2cc(Br)cc3c2OCC3)CCCC1. The average Bonchev–Trinajstić information content (AvgIpc) is 2.96. The Morgan fingerprint density at radius 2 is 2.06 bits per heavy atom. The summed E-state index contributed by atoms with van der Waals surface area (Å²) < 4.78 is 6.92. The van der Waals surface area contributed by atoms with E-state index in [2.05, 4.69) is 35.0 Å². The van der Waals surface area contributed by atoms with E-state index in [0.29, 0.717) is 0 Å². The molecule has 1 unspecified atom stereocenters. The molecule has 1 aromatic carbocycles. The molecule has 0 aromatic heterocycles. The molecule has 1 nitrogen and oxygen atoms in total. The third-order valence-corrected chi connectivity index (χ3v) is 5.63. The molecule has 1 fully saturated rings. The lowest BCUT2D eigenvalue weighted by Gasteiger charge is -2.30. The number of halogens is 2. The van der Waals surface area contributed by atoms with E-state index in [1.165, 1.54) is 36.8 Å². The summed E-state index contributed by atoms with van der Waals surface area (Å²) in [5.74, 6) is 1.05. The minimum Gasteiger partial charge on any atom is -0.493 e. The van der Waals surface area contributed by atoms with E-state index in [1.54, 1.807) is 0 Å². The number of hydrogen-bond donors (Lipinski definition) is 0. The Bertz CT molecular complexity index is 466. The fourth-order valence-corrected chi connectivity index (χ4v) is 4.20. The highest BCUT2D eigenvalue weighted by molar-refractivity contribution is 9.10. The van der Waals surface area contributed by atoms with E-state index in [4.69, 9.17) is 16.3 Å². The van der Waals surface area contributed by atoms with E-state index in [1.807, 2.05) is 0 Å². The van der Waals surface area contributed by atoms with Crippen molar-refractivity contribution in [3.05, 3.63) is 27.7 Å². The molecule has 0 spiro atoms. The Labute approximate surface area is 122 Å². The predicted octanol–water partition coefficient (Wildman–Crippen LogP) is 5.24. The zero-order valence-corrected chi connectivity index (χ0v) is 13.0. The quantitative estimate of drug-likeness (QED) is 0.674. The van der Waals surface area contributed by atoms with Gasteiger partial charge in [-0.2, -0.15) is 0 Å². The van der Waals surface area contributed by atoms with Gasteiger partial charge in [0.25, 0.3) is 0 Å². The van der Waals surface area contributed by atoms with E-state index < -0.39 is 0 Å². The molecular weight excluding hydrogens is 312 g/mol. The Kier molecular flexibility index (Phi) is 3.36. The van der Waals surface area contributed by atoms with Crippen LogP contribution in [0, 0.1) is 5.41 Å². The van der Waals surface area contributed by atoms with Gasteiger partial charge in [0.1, 0.15) is 5.75 Å². The lowest BCUT2D eigenvalue weighted by atomic mass is 9.81. The fraction of sp³-hybridized carbons (Fsp3) is 0.600. The fourth-order valence-electron chi connectivity index (χ4n) is 3.30.